The van der Waals surface area contributed by atoms with Crippen LogP contribution in [0.1, 0.15) is 17.0 Å². The number of cyclic esters (lactones) is 1. The zero-order chi connectivity index (χ0) is 20.7. The molecule has 0 aliphatic carbocycles. The lowest BCUT2D eigenvalue weighted by Crippen LogP contribution is -2.25. The number of aromatic hydroxyl groups is 2. The fraction of sp³-hybridized carbons (Fsp3) is 0.300. The van der Waals surface area contributed by atoms with Gasteiger partial charge in [-0.3, -0.25) is 9.59 Å². The Morgan fingerprint density at radius 3 is 2.14 bits per heavy atom. The summed E-state index contributed by atoms with van der Waals surface area (Å²) in [7, 11) is 2.72. The molecule has 4 rings (SSSR count). The minimum absolute atomic E-state index is 0.00580. The van der Waals surface area contributed by atoms with Crippen molar-refractivity contribution in [3.8, 4) is 34.5 Å². The third-order valence-electron chi connectivity index (χ3n) is 5.01. The van der Waals surface area contributed by atoms with Crippen LogP contribution in [0.15, 0.2) is 24.3 Å². The Hall–Kier alpha value is -3.62. The number of phenols is 2. The number of phenolic OH excluding ortho intramolecular Hbond substituents is 2. The molecule has 2 aromatic rings. The van der Waals surface area contributed by atoms with E-state index in [9.17, 15) is 19.8 Å². The number of esters is 1. The SMILES string of the molecule is COc1cc([C@H](c2cc3c(cc2O)OCO3)[C@H]2C(=O)COC2=O)cc(OC)c1O. The Bertz CT molecular complexity index is 957. The highest BCUT2D eigenvalue weighted by atomic mass is 16.7. The first-order valence-electron chi connectivity index (χ1n) is 8.71. The molecule has 152 valence electrons. The van der Waals surface area contributed by atoms with E-state index in [2.05, 4.69) is 0 Å². The van der Waals surface area contributed by atoms with Crippen LogP contribution in [0.4, 0.5) is 0 Å². The molecule has 2 heterocycles. The van der Waals surface area contributed by atoms with Gasteiger partial charge in [-0.15, -0.1) is 0 Å². The average Bonchev–Trinajstić information content (AvgIpc) is 3.29. The minimum Gasteiger partial charge on any atom is -0.508 e. The Morgan fingerprint density at radius 1 is 0.966 bits per heavy atom. The number of rotatable bonds is 5. The smallest absolute Gasteiger partial charge is 0.318 e. The normalized spacial score (nSPS) is 18.5. The molecule has 2 aromatic carbocycles. The van der Waals surface area contributed by atoms with Gasteiger partial charge in [-0.2, -0.15) is 0 Å². The lowest BCUT2D eigenvalue weighted by molar-refractivity contribution is -0.141. The van der Waals surface area contributed by atoms with Crippen molar-refractivity contribution in [3.63, 3.8) is 0 Å². The van der Waals surface area contributed by atoms with Crippen molar-refractivity contribution in [1.29, 1.82) is 0 Å². The van der Waals surface area contributed by atoms with Gasteiger partial charge in [0.2, 0.25) is 12.5 Å². The van der Waals surface area contributed by atoms with Crippen molar-refractivity contribution in [3.05, 3.63) is 35.4 Å². The molecule has 2 N–H and O–H groups in total. The lowest BCUT2D eigenvalue weighted by atomic mass is 9.78. The molecule has 9 nitrogen and oxygen atoms in total. The molecule has 2 aliphatic heterocycles. The summed E-state index contributed by atoms with van der Waals surface area (Å²) in [5.74, 6) is -2.77. The molecule has 0 spiro atoms. The molecule has 0 aromatic heterocycles. The standard InChI is InChI=1S/C20H18O9/c1-25-15-3-9(4-16(26-2)19(15)23)17(18-12(22)7-27-20(18)24)10-5-13-14(6-11(10)21)29-8-28-13/h3-6,17-18,21,23H,7-8H2,1-2H3/t17-,18-/m1/s1. The number of benzene rings is 2. The highest BCUT2D eigenvalue weighted by molar-refractivity contribution is 6.06. The van der Waals surface area contributed by atoms with Crippen LogP contribution in [0.2, 0.25) is 0 Å². The molecule has 0 bridgehead atoms. The number of ketones is 1. The maximum atomic E-state index is 12.5. The zero-order valence-electron chi connectivity index (χ0n) is 15.6. The van der Waals surface area contributed by atoms with Gasteiger partial charge in [0.1, 0.15) is 11.7 Å². The Balaban J connectivity index is 1.94. The summed E-state index contributed by atoms with van der Waals surface area (Å²) in [6.45, 7) is -0.355. The number of carbonyl (C=O) groups excluding carboxylic acids is 2. The maximum Gasteiger partial charge on any atom is 0.318 e. The molecule has 0 saturated carbocycles. The summed E-state index contributed by atoms with van der Waals surface area (Å²) < 4.78 is 26.0. The Labute approximate surface area is 165 Å². The highest BCUT2D eigenvalue weighted by Crippen LogP contribution is 2.48. The Kier molecular flexibility index (Phi) is 4.57. The van der Waals surface area contributed by atoms with Crippen LogP contribution in [-0.4, -0.2) is 49.6 Å². The van der Waals surface area contributed by atoms with Gasteiger partial charge in [0.05, 0.1) is 14.2 Å². The van der Waals surface area contributed by atoms with E-state index in [1.54, 1.807) is 0 Å². The molecule has 9 heteroatoms. The maximum absolute atomic E-state index is 12.5. The third kappa shape index (κ3) is 3.04. The first-order valence-corrected chi connectivity index (χ1v) is 8.71. The molecule has 0 radical (unpaired) electrons. The predicted octanol–water partition coefficient (Wildman–Crippen LogP) is 1.72. The topological polar surface area (TPSA) is 121 Å². The van der Waals surface area contributed by atoms with Crippen molar-refractivity contribution in [2.75, 3.05) is 27.6 Å². The largest absolute Gasteiger partial charge is 0.508 e. The zero-order valence-corrected chi connectivity index (χ0v) is 15.6. The second kappa shape index (κ2) is 7.08. The molecule has 29 heavy (non-hydrogen) atoms. The van der Waals surface area contributed by atoms with Crippen molar-refractivity contribution in [2.24, 2.45) is 5.92 Å². The summed E-state index contributed by atoms with van der Waals surface area (Å²) in [5.41, 5.74) is 0.670. The van der Waals surface area contributed by atoms with Gasteiger partial charge in [-0.25, -0.2) is 0 Å². The monoisotopic (exact) mass is 402 g/mol. The average molecular weight is 402 g/mol. The lowest BCUT2D eigenvalue weighted by Gasteiger charge is -2.23. The first kappa shape index (κ1) is 18.7. The summed E-state index contributed by atoms with van der Waals surface area (Å²) in [6.07, 6.45) is 0. The van der Waals surface area contributed by atoms with Gasteiger partial charge < -0.3 is 33.9 Å². The number of methoxy groups -OCH3 is 2. The second-order valence-corrected chi connectivity index (χ2v) is 6.57. The Morgan fingerprint density at radius 2 is 1.59 bits per heavy atom. The predicted molar refractivity (Wildman–Crippen MR) is 96.7 cm³/mol. The summed E-state index contributed by atoms with van der Waals surface area (Å²) in [5, 5.41) is 20.9. The van der Waals surface area contributed by atoms with E-state index in [1.165, 1.54) is 38.5 Å². The van der Waals surface area contributed by atoms with Crippen LogP contribution in [0.5, 0.6) is 34.5 Å². The van der Waals surface area contributed by atoms with E-state index in [0.717, 1.165) is 0 Å². The highest BCUT2D eigenvalue weighted by Gasteiger charge is 2.44. The summed E-state index contributed by atoms with van der Waals surface area (Å²) in [6, 6.07) is 5.84. The molecule has 1 fully saturated rings. The molecule has 0 amide bonds. The number of Topliss-reactive ketones (excluding diaryl/α,β-unsaturated/α-hetero) is 1. The fourth-order valence-electron chi connectivity index (χ4n) is 3.62. The van der Waals surface area contributed by atoms with Crippen LogP contribution in [0.25, 0.3) is 0 Å². The molecular formula is C20H18O9. The van der Waals surface area contributed by atoms with Gasteiger partial charge in [-0.05, 0) is 23.8 Å². The molecular weight excluding hydrogens is 384 g/mol. The van der Waals surface area contributed by atoms with Crippen LogP contribution in [0.3, 0.4) is 0 Å². The van der Waals surface area contributed by atoms with E-state index in [1.807, 2.05) is 0 Å². The van der Waals surface area contributed by atoms with Crippen LogP contribution in [0, 0.1) is 5.92 Å². The van der Waals surface area contributed by atoms with Crippen LogP contribution in [-0.2, 0) is 14.3 Å². The van der Waals surface area contributed by atoms with E-state index in [0.29, 0.717) is 17.1 Å². The van der Waals surface area contributed by atoms with Gasteiger partial charge in [0.25, 0.3) is 0 Å². The molecule has 1 saturated heterocycles. The van der Waals surface area contributed by atoms with Crippen molar-refractivity contribution >= 4 is 11.8 Å². The van der Waals surface area contributed by atoms with Crippen molar-refractivity contribution in [2.45, 2.75) is 5.92 Å². The number of hydrogen-bond donors (Lipinski definition) is 2. The fourth-order valence-corrected chi connectivity index (χ4v) is 3.62. The number of carbonyl (C=O) groups is 2. The number of fused-ring (bicyclic) bond motifs is 1. The molecule has 2 aliphatic rings. The van der Waals surface area contributed by atoms with Gasteiger partial charge >= 0.3 is 5.97 Å². The second-order valence-electron chi connectivity index (χ2n) is 6.57. The van der Waals surface area contributed by atoms with Gasteiger partial charge in [0.15, 0.2) is 35.4 Å². The summed E-state index contributed by atoms with van der Waals surface area (Å²) in [4.78, 5) is 24.9. The minimum atomic E-state index is -1.19. The van der Waals surface area contributed by atoms with Crippen molar-refractivity contribution < 1.29 is 43.5 Å². The quantitative estimate of drug-likeness (QED) is 0.569. The number of ether oxygens (including phenoxy) is 5. The van der Waals surface area contributed by atoms with Crippen LogP contribution < -0.4 is 18.9 Å². The van der Waals surface area contributed by atoms with E-state index in [4.69, 9.17) is 23.7 Å². The van der Waals surface area contributed by atoms with Crippen molar-refractivity contribution in [1.82, 2.24) is 0 Å². The summed E-state index contributed by atoms with van der Waals surface area (Å²) >= 11 is 0. The van der Waals surface area contributed by atoms with E-state index in [-0.39, 0.29) is 42.0 Å². The van der Waals surface area contributed by atoms with Gasteiger partial charge in [0, 0.05) is 17.5 Å². The van der Waals surface area contributed by atoms with E-state index >= 15 is 0 Å². The van der Waals surface area contributed by atoms with Gasteiger partial charge in [-0.1, -0.05) is 0 Å². The first-order chi connectivity index (χ1) is 13.9. The molecule has 2 atom stereocenters. The molecule has 0 unspecified atom stereocenters. The van der Waals surface area contributed by atoms with Crippen LogP contribution >= 0.6 is 0 Å². The van der Waals surface area contributed by atoms with E-state index < -0.39 is 23.6 Å². The number of hydrogen-bond acceptors (Lipinski definition) is 9. The third-order valence-corrected chi connectivity index (χ3v) is 5.01.